The van der Waals surface area contributed by atoms with Crippen LogP contribution in [-0.4, -0.2) is 56.4 Å². The lowest BCUT2D eigenvalue weighted by molar-refractivity contribution is -0.145. The quantitative estimate of drug-likeness (QED) is 0.618. The van der Waals surface area contributed by atoms with Crippen molar-refractivity contribution in [3.05, 3.63) is 28.7 Å². The van der Waals surface area contributed by atoms with E-state index < -0.39 is 40.0 Å². The summed E-state index contributed by atoms with van der Waals surface area (Å²) < 4.78 is 31.0. The van der Waals surface area contributed by atoms with Gasteiger partial charge < -0.3 is 14.6 Å². The summed E-state index contributed by atoms with van der Waals surface area (Å²) in [5.74, 6) is -1.04. The Balaban J connectivity index is 3.02. The van der Waals surface area contributed by atoms with Gasteiger partial charge in [0.2, 0.25) is 15.9 Å². The van der Waals surface area contributed by atoms with Crippen LogP contribution in [0.25, 0.3) is 0 Å². The molecular formula is C16H25N3O6S. The Labute approximate surface area is 153 Å². The van der Waals surface area contributed by atoms with Gasteiger partial charge in [0.05, 0.1) is 12.0 Å². The molecule has 10 heteroatoms. The average molecular weight is 387 g/mol. The van der Waals surface area contributed by atoms with Crippen LogP contribution in [0.5, 0.6) is 0 Å². The van der Waals surface area contributed by atoms with Crippen LogP contribution >= 0.6 is 0 Å². The molecule has 1 aromatic rings. The van der Waals surface area contributed by atoms with E-state index in [4.69, 9.17) is 0 Å². The Morgan fingerprint density at radius 1 is 1.27 bits per heavy atom. The predicted octanol–water partition coefficient (Wildman–Crippen LogP) is -0.197. The number of rotatable bonds is 8. The van der Waals surface area contributed by atoms with Gasteiger partial charge in [0, 0.05) is 26.4 Å². The Kier molecular flexibility index (Phi) is 7.52. The monoisotopic (exact) mass is 387 g/mol. The Hall–Kier alpha value is -2.20. The SMILES string of the molecule is COC(=O)C(CC(C)C)NC(=O)Cn1cc(S(=O)(=O)N(C)C)ccc1=O. The van der Waals surface area contributed by atoms with E-state index in [1.54, 1.807) is 0 Å². The number of aromatic nitrogens is 1. The zero-order valence-electron chi connectivity index (χ0n) is 15.6. The maximum Gasteiger partial charge on any atom is 0.328 e. The fourth-order valence-corrected chi connectivity index (χ4v) is 3.14. The van der Waals surface area contributed by atoms with Gasteiger partial charge in [-0.25, -0.2) is 17.5 Å². The summed E-state index contributed by atoms with van der Waals surface area (Å²) in [5, 5.41) is 2.52. The summed E-state index contributed by atoms with van der Waals surface area (Å²) in [6.07, 6.45) is 1.48. The second kappa shape index (κ2) is 8.95. The molecule has 1 rings (SSSR count). The molecule has 0 saturated heterocycles. The van der Waals surface area contributed by atoms with Crippen LogP contribution in [0.3, 0.4) is 0 Å². The molecular weight excluding hydrogens is 362 g/mol. The highest BCUT2D eigenvalue weighted by molar-refractivity contribution is 7.89. The van der Waals surface area contributed by atoms with Crippen LogP contribution in [0.15, 0.2) is 28.0 Å². The molecule has 0 saturated carbocycles. The largest absolute Gasteiger partial charge is 0.467 e. The van der Waals surface area contributed by atoms with Gasteiger partial charge in [0.15, 0.2) is 0 Å². The van der Waals surface area contributed by atoms with E-state index in [0.717, 1.165) is 21.1 Å². The van der Waals surface area contributed by atoms with Crippen molar-refractivity contribution in [2.24, 2.45) is 5.92 Å². The van der Waals surface area contributed by atoms with E-state index in [-0.39, 0.29) is 10.8 Å². The molecule has 1 unspecified atom stereocenters. The molecule has 0 radical (unpaired) electrons. The molecule has 1 heterocycles. The number of carbonyl (C=O) groups is 2. The lowest BCUT2D eigenvalue weighted by atomic mass is 10.0. The maximum atomic E-state index is 12.2. The van der Waals surface area contributed by atoms with Crippen LogP contribution in [0, 0.1) is 5.92 Å². The number of hydrogen-bond acceptors (Lipinski definition) is 6. The van der Waals surface area contributed by atoms with E-state index in [1.165, 1.54) is 27.3 Å². The first-order valence-electron chi connectivity index (χ1n) is 7.99. The first-order valence-corrected chi connectivity index (χ1v) is 9.43. The number of nitrogens with one attached hydrogen (secondary N) is 1. The predicted molar refractivity (Wildman–Crippen MR) is 95.0 cm³/mol. The zero-order valence-corrected chi connectivity index (χ0v) is 16.4. The van der Waals surface area contributed by atoms with Crippen LogP contribution < -0.4 is 10.9 Å². The molecule has 0 aliphatic rings. The van der Waals surface area contributed by atoms with Crippen molar-refractivity contribution >= 4 is 21.9 Å². The number of pyridine rings is 1. The smallest absolute Gasteiger partial charge is 0.328 e. The molecule has 0 fully saturated rings. The summed E-state index contributed by atoms with van der Waals surface area (Å²) in [6, 6.07) is 1.43. The Morgan fingerprint density at radius 3 is 2.38 bits per heavy atom. The van der Waals surface area contributed by atoms with Crippen molar-refractivity contribution in [1.29, 1.82) is 0 Å². The van der Waals surface area contributed by atoms with Crippen molar-refractivity contribution in [2.45, 2.75) is 37.8 Å². The molecule has 0 aliphatic carbocycles. The zero-order chi connectivity index (χ0) is 20.1. The van der Waals surface area contributed by atoms with E-state index in [1.807, 2.05) is 13.8 Å². The van der Waals surface area contributed by atoms with Crippen molar-refractivity contribution < 1.29 is 22.7 Å². The highest BCUT2D eigenvalue weighted by atomic mass is 32.2. The fraction of sp³-hybridized carbons (Fsp3) is 0.562. The lowest BCUT2D eigenvalue weighted by Crippen LogP contribution is -2.44. The van der Waals surface area contributed by atoms with Crippen molar-refractivity contribution in [2.75, 3.05) is 21.2 Å². The van der Waals surface area contributed by atoms with E-state index in [2.05, 4.69) is 10.1 Å². The summed E-state index contributed by atoms with van der Waals surface area (Å²) >= 11 is 0. The van der Waals surface area contributed by atoms with Crippen LogP contribution in [-0.2, 0) is 30.9 Å². The molecule has 0 aliphatic heterocycles. The third-order valence-corrected chi connectivity index (χ3v) is 5.38. The van der Waals surface area contributed by atoms with Crippen LogP contribution in [0.2, 0.25) is 0 Å². The third kappa shape index (κ3) is 5.67. The second-order valence-corrected chi connectivity index (χ2v) is 8.54. The number of sulfonamides is 1. The van der Waals surface area contributed by atoms with Gasteiger partial charge in [0.25, 0.3) is 5.56 Å². The topological polar surface area (TPSA) is 115 Å². The number of methoxy groups -OCH3 is 1. The summed E-state index contributed by atoms with van der Waals surface area (Å²) in [5.41, 5.74) is -0.531. The van der Waals surface area contributed by atoms with Gasteiger partial charge in [-0.1, -0.05) is 13.8 Å². The van der Waals surface area contributed by atoms with Gasteiger partial charge in [-0.3, -0.25) is 9.59 Å². The second-order valence-electron chi connectivity index (χ2n) is 6.39. The van der Waals surface area contributed by atoms with Crippen LogP contribution in [0.1, 0.15) is 20.3 Å². The average Bonchev–Trinajstić information content (AvgIpc) is 2.54. The summed E-state index contributed by atoms with van der Waals surface area (Å²) in [6.45, 7) is 3.37. The van der Waals surface area contributed by atoms with Gasteiger partial charge >= 0.3 is 5.97 Å². The molecule has 146 valence electrons. The van der Waals surface area contributed by atoms with Gasteiger partial charge in [0.1, 0.15) is 12.6 Å². The number of amides is 1. The van der Waals surface area contributed by atoms with Gasteiger partial charge in [-0.2, -0.15) is 0 Å². The Morgan fingerprint density at radius 2 is 1.88 bits per heavy atom. The number of esters is 1. The normalized spacial score (nSPS) is 12.9. The highest BCUT2D eigenvalue weighted by Crippen LogP contribution is 2.11. The van der Waals surface area contributed by atoms with Crippen molar-refractivity contribution in [3.63, 3.8) is 0 Å². The summed E-state index contributed by atoms with van der Waals surface area (Å²) in [4.78, 5) is 35.8. The minimum absolute atomic E-state index is 0.110. The van der Waals surface area contributed by atoms with E-state index in [9.17, 15) is 22.8 Å². The lowest BCUT2D eigenvalue weighted by Gasteiger charge is -2.19. The molecule has 0 bridgehead atoms. The molecule has 1 aromatic heterocycles. The minimum atomic E-state index is -3.74. The maximum absolute atomic E-state index is 12.2. The molecule has 0 aromatic carbocycles. The third-order valence-electron chi connectivity index (χ3n) is 3.58. The first-order chi connectivity index (χ1) is 12.0. The minimum Gasteiger partial charge on any atom is -0.467 e. The highest BCUT2D eigenvalue weighted by Gasteiger charge is 2.23. The summed E-state index contributed by atoms with van der Waals surface area (Å²) in [7, 11) is 0.214. The number of ether oxygens (including phenoxy) is 1. The van der Waals surface area contributed by atoms with Gasteiger partial charge in [-0.15, -0.1) is 0 Å². The Bertz CT molecular complexity index is 814. The molecule has 1 N–H and O–H groups in total. The fourth-order valence-electron chi connectivity index (χ4n) is 2.22. The molecule has 9 nitrogen and oxygen atoms in total. The van der Waals surface area contributed by atoms with Crippen LogP contribution in [0.4, 0.5) is 0 Å². The van der Waals surface area contributed by atoms with Gasteiger partial charge in [-0.05, 0) is 18.4 Å². The standard InChI is InChI=1S/C16H25N3O6S/c1-11(2)8-13(16(22)25-5)17-14(20)10-19-9-12(6-7-15(19)21)26(23,24)18(3)4/h6-7,9,11,13H,8,10H2,1-5H3,(H,17,20). The van der Waals surface area contributed by atoms with E-state index >= 15 is 0 Å². The first kappa shape index (κ1) is 21.8. The van der Waals surface area contributed by atoms with E-state index in [0.29, 0.717) is 6.42 Å². The molecule has 1 amide bonds. The molecule has 26 heavy (non-hydrogen) atoms. The molecule has 0 spiro atoms. The number of nitrogens with zero attached hydrogens (tertiary/aromatic N) is 2. The number of hydrogen-bond donors (Lipinski definition) is 1. The molecule has 1 atom stereocenters. The number of carbonyl (C=O) groups excluding carboxylic acids is 2. The van der Waals surface area contributed by atoms with Crippen molar-refractivity contribution in [1.82, 2.24) is 14.2 Å². The van der Waals surface area contributed by atoms with Crippen molar-refractivity contribution in [3.8, 4) is 0 Å².